The first-order chi connectivity index (χ1) is 11.5. The van der Waals surface area contributed by atoms with E-state index >= 15 is 0 Å². The second-order valence-corrected chi connectivity index (χ2v) is 5.08. The van der Waals surface area contributed by atoms with E-state index in [1.807, 2.05) is 30.3 Å². The molecule has 0 fully saturated rings. The minimum Gasteiger partial charge on any atom is -0.323 e. The highest BCUT2D eigenvalue weighted by Gasteiger charge is 2.15. The van der Waals surface area contributed by atoms with Gasteiger partial charge in [-0.3, -0.25) is 4.79 Å². The smallest absolute Gasteiger partial charge is 0.228 e. The maximum Gasteiger partial charge on any atom is 0.228 e. The third kappa shape index (κ3) is 3.29. The molecule has 0 radical (unpaired) electrons. The molecule has 0 aliphatic carbocycles. The Bertz CT molecular complexity index is 878. The van der Waals surface area contributed by atoms with Crippen LogP contribution in [-0.4, -0.2) is 15.7 Å². The zero-order valence-electron chi connectivity index (χ0n) is 12.3. The van der Waals surface area contributed by atoms with Crippen molar-refractivity contribution in [3.63, 3.8) is 0 Å². The number of anilines is 1. The number of carbonyl (C=O) groups excluding carboxylic acids is 1. The average Bonchev–Trinajstić information content (AvgIpc) is 3.04. The summed E-state index contributed by atoms with van der Waals surface area (Å²) < 4.78 is 41.2. The van der Waals surface area contributed by atoms with E-state index in [0.29, 0.717) is 5.56 Å². The molecule has 1 amide bonds. The van der Waals surface area contributed by atoms with Gasteiger partial charge in [0.25, 0.3) is 0 Å². The molecule has 0 atom stereocenters. The lowest BCUT2D eigenvalue weighted by Crippen LogP contribution is -2.15. The first-order valence-electron chi connectivity index (χ1n) is 7.07. The summed E-state index contributed by atoms with van der Waals surface area (Å²) in [6, 6.07) is 11.0. The highest BCUT2D eigenvalue weighted by molar-refractivity contribution is 5.92. The molecular formula is C17H12F3N3O. The second-order valence-electron chi connectivity index (χ2n) is 5.08. The zero-order valence-corrected chi connectivity index (χ0v) is 12.3. The Morgan fingerprint density at radius 2 is 1.79 bits per heavy atom. The molecule has 1 heterocycles. The van der Waals surface area contributed by atoms with E-state index in [1.165, 1.54) is 6.20 Å². The molecule has 2 aromatic carbocycles. The summed E-state index contributed by atoms with van der Waals surface area (Å²) in [6.45, 7) is 0. The molecule has 0 aliphatic heterocycles. The van der Waals surface area contributed by atoms with Gasteiger partial charge in [0.15, 0.2) is 17.5 Å². The Balaban J connectivity index is 1.70. The first kappa shape index (κ1) is 15.8. The summed E-state index contributed by atoms with van der Waals surface area (Å²) in [5.74, 6) is -4.92. The first-order valence-corrected chi connectivity index (χ1v) is 7.07. The molecule has 0 aliphatic rings. The number of hydrogen-bond donors (Lipinski definition) is 1. The highest BCUT2D eigenvalue weighted by Crippen LogP contribution is 2.20. The summed E-state index contributed by atoms with van der Waals surface area (Å²) in [6.07, 6.45) is 3.09. The van der Waals surface area contributed by atoms with E-state index in [-0.39, 0.29) is 6.42 Å². The summed E-state index contributed by atoms with van der Waals surface area (Å²) in [4.78, 5) is 11.9. The van der Waals surface area contributed by atoms with Gasteiger partial charge in [-0.05, 0) is 29.8 Å². The lowest BCUT2D eigenvalue weighted by Gasteiger charge is -2.06. The molecule has 1 aromatic heterocycles. The number of aromatic nitrogens is 2. The van der Waals surface area contributed by atoms with Gasteiger partial charge in [-0.15, -0.1) is 0 Å². The zero-order chi connectivity index (χ0) is 17.1. The molecule has 24 heavy (non-hydrogen) atoms. The maximum absolute atomic E-state index is 13.5. The van der Waals surface area contributed by atoms with E-state index in [9.17, 15) is 18.0 Å². The fourth-order valence-corrected chi connectivity index (χ4v) is 2.18. The summed E-state index contributed by atoms with van der Waals surface area (Å²) >= 11 is 0. The Hall–Kier alpha value is -3.09. The second kappa shape index (κ2) is 6.57. The number of hydrogen-bond acceptors (Lipinski definition) is 2. The van der Waals surface area contributed by atoms with Crippen LogP contribution >= 0.6 is 0 Å². The van der Waals surface area contributed by atoms with Crippen molar-refractivity contribution in [3.8, 4) is 5.69 Å². The van der Waals surface area contributed by atoms with Crippen LogP contribution in [0.4, 0.5) is 18.9 Å². The van der Waals surface area contributed by atoms with Crippen molar-refractivity contribution in [1.29, 1.82) is 0 Å². The monoisotopic (exact) mass is 331 g/mol. The SMILES string of the molecule is O=C(Cc1cnn(-c2ccccc2)c1)Nc1ccc(F)c(F)c1F. The molecule has 0 saturated heterocycles. The number of para-hydroxylation sites is 1. The predicted molar refractivity (Wildman–Crippen MR) is 82.2 cm³/mol. The van der Waals surface area contributed by atoms with Crippen LogP contribution in [0.25, 0.3) is 5.69 Å². The van der Waals surface area contributed by atoms with Gasteiger partial charge in [-0.2, -0.15) is 5.10 Å². The van der Waals surface area contributed by atoms with Crippen LogP contribution in [0.2, 0.25) is 0 Å². The minimum absolute atomic E-state index is 0.0781. The van der Waals surface area contributed by atoms with Crippen LogP contribution in [0.1, 0.15) is 5.56 Å². The lowest BCUT2D eigenvalue weighted by atomic mass is 10.2. The lowest BCUT2D eigenvalue weighted by molar-refractivity contribution is -0.115. The van der Waals surface area contributed by atoms with Gasteiger partial charge in [0.1, 0.15) is 0 Å². The molecule has 3 rings (SSSR count). The van der Waals surface area contributed by atoms with Crippen molar-refractivity contribution in [1.82, 2.24) is 9.78 Å². The molecule has 3 aromatic rings. The number of amides is 1. The largest absolute Gasteiger partial charge is 0.323 e. The van der Waals surface area contributed by atoms with Crippen molar-refractivity contribution in [2.45, 2.75) is 6.42 Å². The maximum atomic E-state index is 13.5. The third-order valence-corrected chi connectivity index (χ3v) is 3.33. The van der Waals surface area contributed by atoms with Crippen molar-refractivity contribution in [2.24, 2.45) is 0 Å². The standard InChI is InChI=1S/C17H12F3N3O/c18-13-6-7-14(17(20)16(13)19)22-15(24)8-11-9-21-23(10-11)12-4-2-1-3-5-12/h1-7,9-10H,8H2,(H,22,24). The van der Waals surface area contributed by atoms with Gasteiger partial charge in [-0.25, -0.2) is 17.9 Å². The molecule has 0 spiro atoms. The van der Waals surface area contributed by atoms with Gasteiger partial charge >= 0.3 is 0 Å². The molecular weight excluding hydrogens is 319 g/mol. The normalized spacial score (nSPS) is 10.6. The van der Waals surface area contributed by atoms with Crippen LogP contribution in [0.3, 0.4) is 0 Å². The molecule has 0 saturated carbocycles. The van der Waals surface area contributed by atoms with Gasteiger partial charge in [0.05, 0.1) is 24.0 Å². The van der Waals surface area contributed by atoms with Crippen LogP contribution in [-0.2, 0) is 11.2 Å². The van der Waals surface area contributed by atoms with Crippen LogP contribution in [0, 0.1) is 17.5 Å². The van der Waals surface area contributed by atoms with Crippen LogP contribution < -0.4 is 5.32 Å². The Kier molecular flexibility index (Phi) is 4.33. The quantitative estimate of drug-likeness (QED) is 0.744. The molecule has 0 bridgehead atoms. The molecule has 4 nitrogen and oxygen atoms in total. The highest BCUT2D eigenvalue weighted by atomic mass is 19.2. The van der Waals surface area contributed by atoms with E-state index in [0.717, 1.165) is 17.8 Å². The fraction of sp³-hybridized carbons (Fsp3) is 0.0588. The van der Waals surface area contributed by atoms with Gasteiger partial charge in [-0.1, -0.05) is 18.2 Å². The molecule has 7 heteroatoms. The predicted octanol–water partition coefficient (Wildman–Crippen LogP) is 3.47. The summed E-state index contributed by atoms with van der Waals surface area (Å²) in [5.41, 5.74) is 1.02. The van der Waals surface area contributed by atoms with Crippen LogP contribution in [0.5, 0.6) is 0 Å². The summed E-state index contributed by atoms with van der Waals surface area (Å²) in [7, 11) is 0. The number of benzene rings is 2. The van der Waals surface area contributed by atoms with Crippen molar-refractivity contribution in [3.05, 3.63) is 77.9 Å². The number of nitrogens with one attached hydrogen (secondary N) is 1. The van der Waals surface area contributed by atoms with Crippen molar-refractivity contribution in [2.75, 3.05) is 5.32 Å². The Morgan fingerprint density at radius 1 is 1.04 bits per heavy atom. The van der Waals surface area contributed by atoms with E-state index < -0.39 is 29.0 Å². The van der Waals surface area contributed by atoms with Gasteiger partial charge in [0.2, 0.25) is 5.91 Å². The fourth-order valence-electron chi connectivity index (χ4n) is 2.18. The van der Waals surface area contributed by atoms with E-state index in [2.05, 4.69) is 10.4 Å². The average molecular weight is 331 g/mol. The van der Waals surface area contributed by atoms with Crippen molar-refractivity contribution < 1.29 is 18.0 Å². The Morgan fingerprint density at radius 3 is 2.54 bits per heavy atom. The number of carbonyl (C=O) groups is 1. The minimum atomic E-state index is -1.62. The molecule has 0 unspecified atom stereocenters. The summed E-state index contributed by atoms with van der Waals surface area (Å²) in [5, 5.41) is 6.36. The topological polar surface area (TPSA) is 46.9 Å². The van der Waals surface area contributed by atoms with E-state index in [1.54, 1.807) is 10.9 Å². The van der Waals surface area contributed by atoms with Crippen LogP contribution in [0.15, 0.2) is 54.9 Å². The number of halogens is 3. The van der Waals surface area contributed by atoms with Gasteiger partial charge < -0.3 is 5.32 Å². The number of rotatable bonds is 4. The molecule has 1 N–H and O–H groups in total. The van der Waals surface area contributed by atoms with Crippen molar-refractivity contribution >= 4 is 11.6 Å². The Labute approximate surface area is 135 Å². The third-order valence-electron chi connectivity index (χ3n) is 3.33. The number of nitrogens with zero attached hydrogens (tertiary/aromatic N) is 2. The van der Waals surface area contributed by atoms with Gasteiger partial charge in [0, 0.05) is 6.20 Å². The molecule has 122 valence electrons. The van der Waals surface area contributed by atoms with E-state index in [4.69, 9.17) is 0 Å².